The number of rotatable bonds is 1. The second kappa shape index (κ2) is 3.33. The summed E-state index contributed by atoms with van der Waals surface area (Å²) in [4.78, 5) is 10.9. The third-order valence-corrected chi connectivity index (χ3v) is 2.93. The van der Waals surface area contributed by atoms with E-state index in [0.29, 0.717) is 5.95 Å². The molecule has 2 N–H and O–H groups in total. The number of aromatic nitrogens is 4. The normalized spacial score (nSPS) is 16.2. The van der Waals surface area contributed by atoms with Crippen molar-refractivity contribution in [2.24, 2.45) is 0 Å². The number of nitrogen functional groups attached to an aromatic ring is 1. The number of fused-ring (bicyclic) bond motifs is 1. The Balaban J connectivity index is 2.20. The van der Waals surface area contributed by atoms with Crippen molar-refractivity contribution in [1.29, 1.82) is 0 Å². The van der Waals surface area contributed by atoms with Gasteiger partial charge in [0.1, 0.15) is 0 Å². The lowest BCUT2D eigenvalue weighted by Crippen LogP contribution is -2.22. The molecule has 0 spiro atoms. The van der Waals surface area contributed by atoms with Crippen molar-refractivity contribution in [3.63, 3.8) is 0 Å². The average Bonchev–Trinajstić information content (AvgIpc) is 2.87. The van der Waals surface area contributed by atoms with Gasteiger partial charge >= 0.3 is 0 Å². The van der Waals surface area contributed by atoms with E-state index in [2.05, 4.69) is 20.0 Å². The molecule has 0 unspecified atom stereocenters. The van der Waals surface area contributed by atoms with Gasteiger partial charge in [-0.1, -0.05) is 0 Å². The minimum absolute atomic E-state index is 0.302. The molecule has 0 aromatic carbocycles. The van der Waals surface area contributed by atoms with Crippen LogP contribution in [0.15, 0.2) is 6.20 Å². The van der Waals surface area contributed by atoms with E-state index < -0.39 is 0 Å². The van der Waals surface area contributed by atoms with Gasteiger partial charge < -0.3 is 10.6 Å². The van der Waals surface area contributed by atoms with E-state index in [1.165, 1.54) is 12.8 Å². The predicted molar refractivity (Wildman–Crippen MR) is 61.4 cm³/mol. The lowest BCUT2D eigenvalue weighted by molar-refractivity contribution is 0.823. The molecule has 1 fully saturated rings. The summed E-state index contributed by atoms with van der Waals surface area (Å²) in [6.45, 7) is 4.03. The topological polar surface area (TPSA) is 72.3 Å². The minimum atomic E-state index is 0.302. The summed E-state index contributed by atoms with van der Waals surface area (Å²) in [6, 6.07) is 0. The van der Waals surface area contributed by atoms with Gasteiger partial charge in [-0.3, -0.25) is 0 Å². The van der Waals surface area contributed by atoms with Gasteiger partial charge in [-0.15, -0.1) is 5.10 Å². The second-order valence-electron chi connectivity index (χ2n) is 4.14. The Morgan fingerprint density at radius 2 is 2.06 bits per heavy atom. The Kier molecular flexibility index (Phi) is 1.95. The Hall–Kier alpha value is -1.85. The summed E-state index contributed by atoms with van der Waals surface area (Å²) in [6.07, 6.45) is 4.25. The molecular weight excluding hydrogens is 204 g/mol. The van der Waals surface area contributed by atoms with Crippen molar-refractivity contribution < 1.29 is 0 Å². The first kappa shape index (κ1) is 9.38. The van der Waals surface area contributed by atoms with Crippen molar-refractivity contribution in [2.45, 2.75) is 19.8 Å². The third-order valence-electron chi connectivity index (χ3n) is 2.93. The van der Waals surface area contributed by atoms with Gasteiger partial charge in [-0.2, -0.15) is 9.50 Å². The number of hydrogen-bond donors (Lipinski definition) is 1. The molecule has 2 aromatic rings. The maximum atomic E-state index is 5.64. The molecular formula is C10H14N6. The Morgan fingerprint density at radius 3 is 2.81 bits per heavy atom. The van der Waals surface area contributed by atoms with Crippen LogP contribution < -0.4 is 10.6 Å². The van der Waals surface area contributed by atoms with E-state index in [1.807, 2.05) is 13.1 Å². The maximum Gasteiger partial charge on any atom is 0.240 e. The Morgan fingerprint density at radius 1 is 1.31 bits per heavy atom. The van der Waals surface area contributed by atoms with Crippen molar-refractivity contribution >= 4 is 17.5 Å². The molecule has 1 saturated heterocycles. The lowest BCUT2D eigenvalue weighted by Gasteiger charge is -2.16. The molecule has 0 saturated carbocycles. The number of nitrogens with two attached hydrogens (primary N) is 1. The molecule has 3 heterocycles. The van der Waals surface area contributed by atoms with E-state index in [9.17, 15) is 0 Å². The average molecular weight is 218 g/mol. The fourth-order valence-electron chi connectivity index (χ4n) is 2.12. The quantitative estimate of drug-likeness (QED) is 0.759. The Labute approximate surface area is 93.1 Å². The molecule has 0 aliphatic carbocycles. The van der Waals surface area contributed by atoms with Crippen LogP contribution in [0.3, 0.4) is 0 Å². The standard InChI is InChI=1S/C10H14N6/c1-7-6-12-10(15-4-2-3-5-15)16-8(7)13-9(11)14-16/h6H,2-5H2,1H3,(H2,11,14). The molecule has 0 bridgehead atoms. The SMILES string of the molecule is Cc1cnc(N2CCCC2)n2nc(N)nc12. The third kappa shape index (κ3) is 1.30. The molecule has 1 aliphatic heterocycles. The van der Waals surface area contributed by atoms with Gasteiger partial charge in [-0.05, 0) is 19.8 Å². The smallest absolute Gasteiger partial charge is 0.240 e. The molecule has 84 valence electrons. The van der Waals surface area contributed by atoms with Gasteiger partial charge in [0.05, 0.1) is 0 Å². The molecule has 0 atom stereocenters. The monoisotopic (exact) mass is 218 g/mol. The zero-order valence-electron chi connectivity index (χ0n) is 9.22. The molecule has 2 aromatic heterocycles. The van der Waals surface area contributed by atoms with E-state index in [1.54, 1.807) is 4.52 Å². The van der Waals surface area contributed by atoms with Crippen LogP contribution in [0.2, 0.25) is 0 Å². The second-order valence-corrected chi connectivity index (χ2v) is 4.14. The highest BCUT2D eigenvalue weighted by Gasteiger charge is 2.18. The number of nitrogens with zero attached hydrogens (tertiary/aromatic N) is 5. The van der Waals surface area contributed by atoms with Crippen molar-refractivity contribution in [3.05, 3.63) is 11.8 Å². The number of aryl methyl sites for hydroxylation is 1. The zero-order chi connectivity index (χ0) is 11.1. The van der Waals surface area contributed by atoms with Crippen LogP contribution in [0.4, 0.5) is 11.9 Å². The van der Waals surface area contributed by atoms with E-state index in [0.717, 1.165) is 30.2 Å². The molecule has 3 rings (SSSR count). The fourth-order valence-corrected chi connectivity index (χ4v) is 2.12. The minimum Gasteiger partial charge on any atom is -0.366 e. The maximum absolute atomic E-state index is 5.64. The number of hydrogen-bond acceptors (Lipinski definition) is 5. The van der Waals surface area contributed by atoms with Gasteiger partial charge in [0.2, 0.25) is 11.9 Å². The molecule has 0 amide bonds. The fraction of sp³-hybridized carbons (Fsp3) is 0.500. The van der Waals surface area contributed by atoms with Crippen LogP contribution in [-0.4, -0.2) is 32.7 Å². The van der Waals surface area contributed by atoms with E-state index in [-0.39, 0.29) is 0 Å². The van der Waals surface area contributed by atoms with Crippen LogP contribution in [0.1, 0.15) is 18.4 Å². The van der Waals surface area contributed by atoms with Gasteiger partial charge in [-0.25, -0.2) is 4.98 Å². The molecule has 1 aliphatic rings. The van der Waals surface area contributed by atoms with Crippen molar-refractivity contribution in [2.75, 3.05) is 23.7 Å². The molecule has 6 nitrogen and oxygen atoms in total. The lowest BCUT2D eigenvalue weighted by atomic mass is 10.4. The molecule has 0 radical (unpaired) electrons. The summed E-state index contributed by atoms with van der Waals surface area (Å²) in [5.41, 5.74) is 7.43. The zero-order valence-corrected chi connectivity index (χ0v) is 9.22. The van der Waals surface area contributed by atoms with Crippen LogP contribution in [0, 0.1) is 6.92 Å². The van der Waals surface area contributed by atoms with Crippen LogP contribution >= 0.6 is 0 Å². The summed E-state index contributed by atoms with van der Waals surface area (Å²) in [7, 11) is 0. The van der Waals surface area contributed by atoms with Gasteiger partial charge in [0, 0.05) is 24.8 Å². The predicted octanol–water partition coefficient (Wildman–Crippen LogP) is 0.615. The van der Waals surface area contributed by atoms with E-state index in [4.69, 9.17) is 5.73 Å². The summed E-state index contributed by atoms with van der Waals surface area (Å²) >= 11 is 0. The first-order valence-electron chi connectivity index (χ1n) is 5.48. The molecule has 16 heavy (non-hydrogen) atoms. The summed E-state index contributed by atoms with van der Waals surface area (Å²) in [5, 5.41) is 4.20. The summed E-state index contributed by atoms with van der Waals surface area (Å²) in [5.74, 6) is 1.15. The van der Waals surface area contributed by atoms with Crippen LogP contribution in [0.25, 0.3) is 5.65 Å². The molecule has 6 heteroatoms. The van der Waals surface area contributed by atoms with Gasteiger partial charge in [0.15, 0.2) is 5.65 Å². The Bertz CT molecular complexity index is 525. The number of anilines is 2. The largest absolute Gasteiger partial charge is 0.366 e. The highest BCUT2D eigenvalue weighted by Crippen LogP contribution is 2.20. The van der Waals surface area contributed by atoms with Crippen LogP contribution in [-0.2, 0) is 0 Å². The van der Waals surface area contributed by atoms with Crippen molar-refractivity contribution in [3.8, 4) is 0 Å². The first-order valence-corrected chi connectivity index (χ1v) is 5.48. The highest BCUT2D eigenvalue weighted by molar-refractivity contribution is 5.53. The summed E-state index contributed by atoms with van der Waals surface area (Å²) < 4.78 is 1.75. The van der Waals surface area contributed by atoms with Crippen molar-refractivity contribution in [1.82, 2.24) is 19.6 Å². The first-order chi connectivity index (χ1) is 7.75. The highest BCUT2D eigenvalue weighted by atomic mass is 15.4. The van der Waals surface area contributed by atoms with Crippen LogP contribution in [0.5, 0.6) is 0 Å². The van der Waals surface area contributed by atoms with Gasteiger partial charge in [0.25, 0.3) is 0 Å². The van der Waals surface area contributed by atoms with E-state index >= 15 is 0 Å².